The second-order valence-electron chi connectivity index (χ2n) is 12.1. The van der Waals surface area contributed by atoms with Crippen LogP contribution in [0, 0.1) is 0 Å². The van der Waals surface area contributed by atoms with Crippen LogP contribution in [-0.4, -0.2) is 45.1 Å². The van der Waals surface area contributed by atoms with Crippen molar-refractivity contribution in [2.24, 2.45) is 0 Å². The first kappa shape index (κ1) is 31.2. The van der Waals surface area contributed by atoms with Gasteiger partial charge in [0.05, 0.1) is 16.8 Å². The van der Waals surface area contributed by atoms with Crippen molar-refractivity contribution in [2.75, 3.05) is 25.0 Å². The largest absolute Gasteiger partial charge is 0.457 e. The van der Waals surface area contributed by atoms with E-state index >= 15 is 0 Å². The van der Waals surface area contributed by atoms with Crippen LogP contribution in [0.3, 0.4) is 0 Å². The van der Waals surface area contributed by atoms with Crippen molar-refractivity contribution >= 4 is 22.4 Å². The molecule has 6 nitrogen and oxygen atoms in total. The van der Waals surface area contributed by atoms with Gasteiger partial charge in [-0.15, -0.1) is 0 Å². The average Bonchev–Trinajstić information content (AvgIpc) is 2.92. The third-order valence-corrected chi connectivity index (χ3v) is 7.37. The van der Waals surface area contributed by atoms with Crippen LogP contribution in [0.4, 0.5) is 24.7 Å². The maximum absolute atomic E-state index is 13.8. The molecule has 4 rings (SSSR count). The Morgan fingerprint density at radius 2 is 1.57 bits per heavy atom. The van der Waals surface area contributed by atoms with Crippen molar-refractivity contribution in [3.05, 3.63) is 71.9 Å². The molecule has 2 aromatic heterocycles. The van der Waals surface area contributed by atoms with E-state index in [0.29, 0.717) is 22.3 Å². The third kappa shape index (κ3) is 7.56. The molecule has 0 bridgehead atoms. The molecule has 1 N–H and O–H groups in total. The number of benzene rings is 2. The van der Waals surface area contributed by atoms with Gasteiger partial charge < -0.3 is 15.0 Å². The van der Waals surface area contributed by atoms with Crippen LogP contribution in [0.15, 0.2) is 60.8 Å². The summed E-state index contributed by atoms with van der Waals surface area (Å²) in [6.07, 6.45) is -2.44. The highest BCUT2D eigenvalue weighted by Gasteiger charge is 2.34. The Labute approximate surface area is 246 Å². The Balaban J connectivity index is 1.77. The molecule has 0 saturated heterocycles. The number of nitrogens with one attached hydrogen (secondary N) is 1. The van der Waals surface area contributed by atoms with E-state index in [1.165, 1.54) is 17.8 Å². The number of halogens is 3. The molecule has 0 spiro atoms. The molecule has 42 heavy (non-hydrogen) atoms. The van der Waals surface area contributed by atoms with Gasteiger partial charge in [-0.2, -0.15) is 23.1 Å². The summed E-state index contributed by atoms with van der Waals surface area (Å²) in [7, 11) is 0. The number of aromatic nitrogens is 3. The quantitative estimate of drug-likeness (QED) is 0.203. The van der Waals surface area contributed by atoms with Crippen molar-refractivity contribution in [3.63, 3.8) is 0 Å². The summed E-state index contributed by atoms with van der Waals surface area (Å²) < 4.78 is 47.7. The molecular formula is C33H40F3N5O. The van der Waals surface area contributed by atoms with Gasteiger partial charge in [0.1, 0.15) is 11.4 Å². The van der Waals surface area contributed by atoms with E-state index in [4.69, 9.17) is 9.72 Å². The number of anilines is 2. The first-order chi connectivity index (χ1) is 19.7. The molecule has 0 aliphatic carbocycles. The lowest BCUT2D eigenvalue weighted by atomic mass is 9.87. The summed E-state index contributed by atoms with van der Waals surface area (Å²) in [5, 5.41) is 4.03. The fourth-order valence-electron chi connectivity index (χ4n) is 4.72. The first-order valence-electron chi connectivity index (χ1n) is 14.3. The minimum atomic E-state index is -4.54. The topological polar surface area (TPSA) is 63.2 Å². The number of rotatable bonds is 10. The summed E-state index contributed by atoms with van der Waals surface area (Å²) in [4.78, 5) is 15.8. The van der Waals surface area contributed by atoms with Gasteiger partial charge in [-0.25, -0.2) is 0 Å². The number of hydrogen-bond acceptors (Lipinski definition) is 6. The molecule has 2 heterocycles. The van der Waals surface area contributed by atoms with E-state index in [-0.39, 0.29) is 17.1 Å². The van der Waals surface area contributed by atoms with Crippen LogP contribution in [-0.2, 0) is 11.6 Å². The van der Waals surface area contributed by atoms with Crippen LogP contribution in [0.5, 0.6) is 6.01 Å². The zero-order valence-corrected chi connectivity index (χ0v) is 25.4. The van der Waals surface area contributed by atoms with Gasteiger partial charge in [-0.05, 0) is 80.7 Å². The van der Waals surface area contributed by atoms with Crippen molar-refractivity contribution in [2.45, 2.75) is 72.1 Å². The standard InChI is InChI=1S/C33H40F3N5O/c1-8-41(9-2)20-18-32(6,7)42-30-39-27-21-22(28-26(33(34,35)36)11-10-19-37-28)12-17-25(27)29(40-30)38-24-15-13-23(14-16-24)31(3,4)5/h10-17,19,21H,8-9,18,20H2,1-7H3,(H,38,39,40). The highest BCUT2D eigenvalue weighted by Crippen LogP contribution is 2.37. The lowest BCUT2D eigenvalue weighted by Gasteiger charge is -2.28. The number of nitrogens with zero attached hydrogens (tertiary/aromatic N) is 4. The molecule has 0 radical (unpaired) electrons. The van der Waals surface area contributed by atoms with Gasteiger partial charge in [0.25, 0.3) is 0 Å². The number of hydrogen-bond donors (Lipinski definition) is 1. The minimum Gasteiger partial charge on any atom is -0.457 e. The molecule has 9 heteroatoms. The van der Waals surface area contributed by atoms with Crippen LogP contribution < -0.4 is 10.1 Å². The van der Waals surface area contributed by atoms with Gasteiger partial charge in [0.2, 0.25) is 0 Å². The van der Waals surface area contributed by atoms with Crippen molar-refractivity contribution in [3.8, 4) is 17.3 Å². The predicted octanol–water partition coefficient (Wildman–Crippen LogP) is 8.64. The maximum atomic E-state index is 13.8. The Morgan fingerprint density at radius 1 is 0.881 bits per heavy atom. The summed E-state index contributed by atoms with van der Waals surface area (Å²) in [5.41, 5.74) is 1.25. The van der Waals surface area contributed by atoms with Gasteiger partial charge in [-0.3, -0.25) is 4.98 Å². The normalized spacial score (nSPS) is 12.6. The van der Waals surface area contributed by atoms with E-state index in [1.807, 2.05) is 26.0 Å². The minimum absolute atomic E-state index is 0.00894. The van der Waals surface area contributed by atoms with Gasteiger partial charge in [0.15, 0.2) is 0 Å². The lowest BCUT2D eigenvalue weighted by molar-refractivity contribution is -0.137. The summed E-state index contributed by atoms with van der Waals surface area (Å²) >= 11 is 0. The van der Waals surface area contributed by atoms with Crippen LogP contribution in [0.1, 0.15) is 66.0 Å². The van der Waals surface area contributed by atoms with E-state index in [1.54, 1.807) is 18.2 Å². The van der Waals surface area contributed by atoms with Gasteiger partial charge in [0, 0.05) is 29.4 Å². The van der Waals surface area contributed by atoms with Crippen molar-refractivity contribution < 1.29 is 17.9 Å². The lowest BCUT2D eigenvalue weighted by Crippen LogP contribution is -2.35. The van der Waals surface area contributed by atoms with Crippen LogP contribution >= 0.6 is 0 Å². The van der Waals surface area contributed by atoms with Crippen molar-refractivity contribution in [1.29, 1.82) is 0 Å². The van der Waals surface area contributed by atoms with E-state index in [2.05, 4.69) is 66.9 Å². The van der Waals surface area contributed by atoms with E-state index in [0.717, 1.165) is 37.8 Å². The molecule has 0 amide bonds. The first-order valence-corrected chi connectivity index (χ1v) is 14.3. The Hall–Kier alpha value is -3.72. The molecule has 2 aromatic carbocycles. The van der Waals surface area contributed by atoms with Crippen molar-refractivity contribution in [1.82, 2.24) is 19.9 Å². The molecular weight excluding hydrogens is 539 g/mol. The molecule has 0 atom stereocenters. The highest BCUT2D eigenvalue weighted by atomic mass is 19.4. The molecule has 0 aliphatic rings. The molecule has 224 valence electrons. The average molecular weight is 580 g/mol. The molecule has 0 aliphatic heterocycles. The maximum Gasteiger partial charge on any atom is 0.418 e. The van der Waals surface area contributed by atoms with Gasteiger partial charge in [-0.1, -0.05) is 52.8 Å². The summed E-state index contributed by atoms with van der Waals surface area (Å²) in [6.45, 7) is 17.4. The highest BCUT2D eigenvalue weighted by molar-refractivity contribution is 5.93. The smallest absolute Gasteiger partial charge is 0.418 e. The number of fused-ring (bicyclic) bond motifs is 1. The SMILES string of the molecule is CCN(CC)CCC(C)(C)Oc1nc(Nc2ccc(C(C)(C)C)cc2)c2ccc(-c3ncccc3C(F)(F)F)cc2n1. The third-order valence-electron chi connectivity index (χ3n) is 7.37. The van der Waals surface area contributed by atoms with Crippen LogP contribution in [0.25, 0.3) is 22.2 Å². The molecule has 4 aromatic rings. The molecule has 0 saturated carbocycles. The molecule has 0 fully saturated rings. The number of pyridine rings is 1. The van der Waals surface area contributed by atoms with E-state index < -0.39 is 17.3 Å². The Morgan fingerprint density at radius 3 is 2.19 bits per heavy atom. The Bertz CT molecular complexity index is 1510. The number of alkyl halides is 3. The van der Waals surface area contributed by atoms with Gasteiger partial charge >= 0.3 is 12.2 Å². The Kier molecular flexibility index (Phi) is 9.11. The summed E-state index contributed by atoms with van der Waals surface area (Å²) in [6, 6.07) is 15.5. The fourth-order valence-corrected chi connectivity index (χ4v) is 4.72. The zero-order chi connectivity index (χ0) is 30.7. The zero-order valence-electron chi connectivity index (χ0n) is 25.4. The second kappa shape index (κ2) is 12.3. The van der Waals surface area contributed by atoms with Crippen LogP contribution in [0.2, 0.25) is 0 Å². The van der Waals surface area contributed by atoms with E-state index in [9.17, 15) is 13.2 Å². The summed E-state index contributed by atoms with van der Waals surface area (Å²) in [5.74, 6) is 0.502. The number of ether oxygens (including phenoxy) is 1. The molecule has 0 unspecified atom stereocenters. The fraction of sp³-hybridized carbons (Fsp3) is 0.424. The predicted molar refractivity (Wildman–Crippen MR) is 163 cm³/mol. The monoisotopic (exact) mass is 579 g/mol. The second-order valence-corrected chi connectivity index (χ2v) is 12.1.